The van der Waals surface area contributed by atoms with Gasteiger partial charge in [-0.2, -0.15) is 0 Å². The van der Waals surface area contributed by atoms with Crippen molar-refractivity contribution in [2.24, 2.45) is 0 Å². The number of carbonyl (C=O) groups is 1. The van der Waals surface area contributed by atoms with Gasteiger partial charge >= 0.3 is 5.97 Å². The molecule has 0 amide bonds. The van der Waals surface area contributed by atoms with Crippen LogP contribution in [0.2, 0.25) is 0 Å². The van der Waals surface area contributed by atoms with Crippen LogP contribution in [0.5, 0.6) is 0 Å². The van der Waals surface area contributed by atoms with Crippen LogP contribution in [0.1, 0.15) is 35.7 Å². The second-order valence-electron chi connectivity index (χ2n) is 6.29. The Hall–Kier alpha value is -2.46. The Labute approximate surface area is 149 Å². The van der Waals surface area contributed by atoms with Crippen LogP contribution in [-0.4, -0.2) is 36.1 Å². The summed E-state index contributed by atoms with van der Waals surface area (Å²) in [5, 5.41) is 0. The Morgan fingerprint density at radius 1 is 1.28 bits per heavy atom. The van der Waals surface area contributed by atoms with Crippen LogP contribution in [0.25, 0.3) is 6.08 Å². The summed E-state index contributed by atoms with van der Waals surface area (Å²) < 4.78 is 4.62. The minimum absolute atomic E-state index is 0.333. The van der Waals surface area contributed by atoms with Crippen molar-refractivity contribution in [2.75, 3.05) is 20.2 Å². The highest BCUT2D eigenvalue weighted by Gasteiger charge is 2.25. The number of pyridine rings is 1. The SMILES string of the molecule is COC(=O)/C=C/c1ccc(C2CCCN2CCc2ccccn2)cc1. The van der Waals surface area contributed by atoms with Crippen molar-refractivity contribution < 1.29 is 9.53 Å². The van der Waals surface area contributed by atoms with Gasteiger partial charge in [0.2, 0.25) is 0 Å². The predicted octanol–water partition coefficient (Wildman–Crippen LogP) is 3.65. The highest BCUT2D eigenvalue weighted by molar-refractivity contribution is 5.86. The maximum absolute atomic E-state index is 11.2. The number of aromatic nitrogens is 1. The van der Waals surface area contributed by atoms with Gasteiger partial charge in [0.25, 0.3) is 0 Å². The summed E-state index contributed by atoms with van der Waals surface area (Å²) in [5.41, 5.74) is 3.50. The smallest absolute Gasteiger partial charge is 0.330 e. The number of likely N-dealkylation sites (tertiary alicyclic amines) is 1. The van der Waals surface area contributed by atoms with E-state index in [0.29, 0.717) is 6.04 Å². The van der Waals surface area contributed by atoms with E-state index in [0.717, 1.165) is 30.8 Å². The second kappa shape index (κ2) is 8.58. The molecule has 0 saturated carbocycles. The first-order valence-electron chi connectivity index (χ1n) is 8.76. The number of ether oxygens (including phenoxy) is 1. The van der Waals surface area contributed by atoms with Crippen LogP contribution < -0.4 is 0 Å². The van der Waals surface area contributed by atoms with Crippen LogP contribution in [-0.2, 0) is 16.0 Å². The maximum atomic E-state index is 11.2. The van der Waals surface area contributed by atoms with E-state index in [4.69, 9.17) is 0 Å². The van der Waals surface area contributed by atoms with E-state index in [1.165, 1.54) is 31.6 Å². The number of rotatable bonds is 6. The molecule has 1 aromatic carbocycles. The third-order valence-electron chi connectivity index (χ3n) is 4.68. The summed E-state index contributed by atoms with van der Waals surface area (Å²) in [5.74, 6) is -0.333. The average molecular weight is 336 g/mol. The predicted molar refractivity (Wildman–Crippen MR) is 99.0 cm³/mol. The van der Waals surface area contributed by atoms with Crippen LogP contribution in [0, 0.1) is 0 Å². The monoisotopic (exact) mass is 336 g/mol. The average Bonchev–Trinajstić information content (AvgIpc) is 3.14. The lowest BCUT2D eigenvalue weighted by atomic mass is 10.0. The minimum atomic E-state index is -0.333. The van der Waals surface area contributed by atoms with Crippen molar-refractivity contribution >= 4 is 12.0 Å². The fraction of sp³-hybridized carbons (Fsp3) is 0.333. The molecule has 2 heterocycles. The number of hydrogen-bond donors (Lipinski definition) is 0. The zero-order chi connectivity index (χ0) is 17.5. The van der Waals surface area contributed by atoms with Crippen molar-refractivity contribution in [3.05, 3.63) is 71.6 Å². The third kappa shape index (κ3) is 4.77. The highest BCUT2D eigenvalue weighted by atomic mass is 16.5. The van der Waals surface area contributed by atoms with Crippen LogP contribution in [0.3, 0.4) is 0 Å². The molecule has 0 N–H and O–H groups in total. The molecule has 25 heavy (non-hydrogen) atoms. The van der Waals surface area contributed by atoms with E-state index in [-0.39, 0.29) is 5.97 Å². The van der Waals surface area contributed by atoms with Crippen molar-refractivity contribution in [2.45, 2.75) is 25.3 Å². The normalized spacial score (nSPS) is 17.9. The molecule has 1 aliphatic heterocycles. The van der Waals surface area contributed by atoms with E-state index in [1.807, 2.05) is 18.3 Å². The second-order valence-corrected chi connectivity index (χ2v) is 6.29. The summed E-state index contributed by atoms with van der Waals surface area (Å²) in [6.07, 6.45) is 8.50. The summed E-state index contributed by atoms with van der Waals surface area (Å²) in [6.45, 7) is 2.17. The summed E-state index contributed by atoms with van der Waals surface area (Å²) in [4.78, 5) is 18.1. The van der Waals surface area contributed by atoms with Gasteiger partial charge in [-0.1, -0.05) is 30.3 Å². The third-order valence-corrected chi connectivity index (χ3v) is 4.68. The van der Waals surface area contributed by atoms with Gasteiger partial charge in [0, 0.05) is 37.0 Å². The lowest BCUT2D eigenvalue weighted by Crippen LogP contribution is -2.25. The molecule has 4 heteroatoms. The van der Waals surface area contributed by atoms with Crippen LogP contribution in [0.15, 0.2) is 54.7 Å². The summed E-state index contributed by atoms with van der Waals surface area (Å²) in [6, 6.07) is 15.0. The molecule has 1 fully saturated rings. The topological polar surface area (TPSA) is 42.4 Å². The Morgan fingerprint density at radius 3 is 2.84 bits per heavy atom. The number of methoxy groups -OCH3 is 1. The van der Waals surface area contributed by atoms with E-state index in [9.17, 15) is 4.79 Å². The quantitative estimate of drug-likeness (QED) is 0.596. The Kier molecular flexibility index (Phi) is 5.96. The molecular formula is C21H24N2O2. The molecule has 0 radical (unpaired) electrons. The van der Waals surface area contributed by atoms with E-state index < -0.39 is 0 Å². The minimum Gasteiger partial charge on any atom is -0.466 e. The molecule has 1 saturated heterocycles. The van der Waals surface area contributed by atoms with Crippen LogP contribution in [0.4, 0.5) is 0 Å². The first kappa shape index (κ1) is 17.4. The largest absolute Gasteiger partial charge is 0.466 e. The van der Waals surface area contributed by atoms with Gasteiger partial charge in [0.05, 0.1) is 7.11 Å². The van der Waals surface area contributed by atoms with Crippen molar-refractivity contribution in [1.82, 2.24) is 9.88 Å². The van der Waals surface area contributed by atoms with Gasteiger partial charge in [-0.3, -0.25) is 9.88 Å². The molecular weight excluding hydrogens is 312 g/mol. The van der Waals surface area contributed by atoms with E-state index in [2.05, 4.69) is 45.0 Å². The summed E-state index contributed by atoms with van der Waals surface area (Å²) >= 11 is 0. The molecule has 4 nitrogen and oxygen atoms in total. The number of carbonyl (C=O) groups excluding carboxylic acids is 1. The molecule has 130 valence electrons. The van der Waals surface area contributed by atoms with Gasteiger partial charge in [-0.05, 0) is 48.7 Å². The Bertz CT molecular complexity index is 710. The highest BCUT2D eigenvalue weighted by Crippen LogP contribution is 2.32. The molecule has 0 spiro atoms. The number of hydrogen-bond acceptors (Lipinski definition) is 4. The van der Waals surface area contributed by atoms with E-state index >= 15 is 0 Å². The number of esters is 1. The molecule has 0 aliphatic carbocycles. The van der Waals surface area contributed by atoms with Crippen molar-refractivity contribution in [3.63, 3.8) is 0 Å². The van der Waals surface area contributed by atoms with Gasteiger partial charge in [-0.15, -0.1) is 0 Å². The number of nitrogens with zero attached hydrogens (tertiary/aromatic N) is 2. The van der Waals surface area contributed by atoms with Gasteiger partial charge < -0.3 is 4.74 Å². The standard InChI is InChI=1S/C21H24N2O2/c1-25-21(24)12-9-17-7-10-18(11-8-17)20-6-4-15-23(20)16-13-19-5-2-3-14-22-19/h2-3,5,7-12,14,20H,4,6,13,15-16H2,1H3/b12-9+. The van der Waals surface area contributed by atoms with E-state index in [1.54, 1.807) is 6.08 Å². The van der Waals surface area contributed by atoms with Crippen molar-refractivity contribution in [3.8, 4) is 0 Å². The fourth-order valence-electron chi connectivity index (χ4n) is 3.34. The molecule has 3 rings (SSSR count). The molecule has 1 unspecified atom stereocenters. The van der Waals surface area contributed by atoms with Gasteiger partial charge in [0.15, 0.2) is 0 Å². The Balaban J connectivity index is 1.61. The lowest BCUT2D eigenvalue weighted by molar-refractivity contribution is -0.134. The molecule has 1 atom stereocenters. The zero-order valence-corrected chi connectivity index (χ0v) is 14.6. The van der Waals surface area contributed by atoms with Crippen LogP contribution >= 0.6 is 0 Å². The van der Waals surface area contributed by atoms with Gasteiger partial charge in [0.1, 0.15) is 0 Å². The molecule has 1 aromatic heterocycles. The molecule has 1 aliphatic rings. The zero-order valence-electron chi connectivity index (χ0n) is 14.6. The number of benzene rings is 1. The lowest BCUT2D eigenvalue weighted by Gasteiger charge is -2.24. The maximum Gasteiger partial charge on any atom is 0.330 e. The molecule has 2 aromatic rings. The summed E-state index contributed by atoms with van der Waals surface area (Å²) in [7, 11) is 1.38. The van der Waals surface area contributed by atoms with Gasteiger partial charge in [-0.25, -0.2) is 4.79 Å². The first-order valence-corrected chi connectivity index (χ1v) is 8.76. The fourth-order valence-corrected chi connectivity index (χ4v) is 3.34. The first-order chi connectivity index (χ1) is 12.3. The van der Waals surface area contributed by atoms with Crippen molar-refractivity contribution in [1.29, 1.82) is 0 Å². The molecule has 0 bridgehead atoms. The Morgan fingerprint density at radius 2 is 2.12 bits per heavy atom.